The van der Waals surface area contributed by atoms with Crippen LogP contribution >= 0.6 is 11.8 Å². The first kappa shape index (κ1) is 11.9. The quantitative estimate of drug-likeness (QED) is 0.776. The molecule has 3 rings (SSSR count). The molecule has 98 valence electrons. The van der Waals surface area contributed by atoms with Gasteiger partial charge in [0.15, 0.2) is 11.0 Å². The summed E-state index contributed by atoms with van der Waals surface area (Å²) in [5, 5.41) is 0.790. The molecule has 5 nitrogen and oxygen atoms in total. The molecule has 0 saturated carbocycles. The van der Waals surface area contributed by atoms with Crippen LogP contribution in [0.2, 0.25) is 0 Å². The van der Waals surface area contributed by atoms with Crippen LogP contribution in [0.1, 0.15) is 25.7 Å². The number of hydrogen-bond acceptors (Lipinski definition) is 5. The smallest absolute Gasteiger partial charge is 0.279 e. The van der Waals surface area contributed by atoms with Crippen molar-refractivity contribution >= 4 is 23.3 Å². The van der Waals surface area contributed by atoms with Crippen LogP contribution in [0, 0.1) is 0 Å². The van der Waals surface area contributed by atoms with Gasteiger partial charge in [0.1, 0.15) is 5.69 Å². The molecule has 0 amide bonds. The van der Waals surface area contributed by atoms with E-state index < -0.39 is 0 Å². The van der Waals surface area contributed by atoms with E-state index in [0.717, 1.165) is 56.2 Å². The Labute approximate surface area is 110 Å². The Morgan fingerprint density at radius 3 is 2.61 bits per heavy atom. The van der Waals surface area contributed by atoms with Crippen LogP contribution in [0.5, 0.6) is 0 Å². The lowest BCUT2D eigenvalue weighted by Gasteiger charge is -2.20. The summed E-state index contributed by atoms with van der Waals surface area (Å²) in [5.74, 6) is 1.43. The molecule has 18 heavy (non-hydrogen) atoms. The van der Waals surface area contributed by atoms with E-state index in [4.69, 9.17) is 5.73 Å². The summed E-state index contributed by atoms with van der Waals surface area (Å²) in [6.07, 6.45) is 4.45. The highest BCUT2D eigenvalue weighted by atomic mass is 32.2. The van der Waals surface area contributed by atoms with Gasteiger partial charge in [0, 0.05) is 25.4 Å². The van der Waals surface area contributed by atoms with E-state index in [0.29, 0.717) is 11.5 Å². The summed E-state index contributed by atoms with van der Waals surface area (Å²) in [6.45, 7) is 2.62. The molecule has 1 saturated heterocycles. The van der Waals surface area contributed by atoms with Gasteiger partial charge in [-0.05, 0) is 25.7 Å². The Morgan fingerprint density at radius 1 is 1.11 bits per heavy atom. The van der Waals surface area contributed by atoms with Crippen molar-refractivity contribution in [2.45, 2.75) is 37.4 Å². The fourth-order valence-corrected chi connectivity index (χ4v) is 3.65. The van der Waals surface area contributed by atoms with Crippen LogP contribution in [-0.4, -0.2) is 28.4 Å². The van der Waals surface area contributed by atoms with Gasteiger partial charge >= 0.3 is 0 Å². The van der Waals surface area contributed by atoms with Crippen LogP contribution in [0.15, 0.2) is 9.95 Å². The molecule has 1 fully saturated rings. The molecule has 0 radical (unpaired) electrons. The summed E-state index contributed by atoms with van der Waals surface area (Å²) >= 11 is 1.64. The minimum Gasteiger partial charge on any atom is -0.382 e. The van der Waals surface area contributed by atoms with E-state index in [2.05, 4.69) is 9.88 Å². The molecule has 0 bridgehead atoms. The van der Waals surface area contributed by atoms with E-state index in [1.54, 1.807) is 11.8 Å². The van der Waals surface area contributed by atoms with Gasteiger partial charge in [0.05, 0.1) is 0 Å². The number of aromatic nitrogens is 2. The zero-order chi connectivity index (χ0) is 12.5. The molecule has 1 aromatic heterocycles. The summed E-state index contributed by atoms with van der Waals surface area (Å²) < 4.78 is 1.81. The predicted molar refractivity (Wildman–Crippen MR) is 74.3 cm³/mol. The van der Waals surface area contributed by atoms with Crippen molar-refractivity contribution in [1.29, 1.82) is 0 Å². The number of nitrogen functional groups attached to an aromatic ring is 1. The number of nitrogens with zero attached hydrogens (tertiary/aromatic N) is 3. The van der Waals surface area contributed by atoms with Crippen LogP contribution in [-0.2, 0) is 6.54 Å². The van der Waals surface area contributed by atoms with E-state index in [-0.39, 0.29) is 5.56 Å². The zero-order valence-corrected chi connectivity index (χ0v) is 11.2. The van der Waals surface area contributed by atoms with E-state index in [1.165, 1.54) is 0 Å². The van der Waals surface area contributed by atoms with Gasteiger partial charge in [0.25, 0.3) is 5.56 Å². The van der Waals surface area contributed by atoms with Gasteiger partial charge in [-0.25, -0.2) is 4.98 Å². The number of rotatable bonds is 1. The Kier molecular flexibility index (Phi) is 3.20. The van der Waals surface area contributed by atoms with Crippen molar-refractivity contribution in [1.82, 2.24) is 9.55 Å². The minimum atomic E-state index is 0.0498. The topological polar surface area (TPSA) is 64.1 Å². The Hall–Kier alpha value is -1.17. The van der Waals surface area contributed by atoms with Gasteiger partial charge in [-0.2, -0.15) is 0 Å². The third-order valence-electron chi connectivity index (χ3n) is 3.57. The molecule has 0 aliphatic carbocycles. The van der Waals surface area contributed by atoms with Crippen molar-refractivity contribution in [2.75, 3.05) is 29.5 Å². The molecule has 2 N–H and O–H groups in total. The number of anilines is 2. The first-order chi connectivity index (χ1) is 8.77. The van der Waals surface area contributed by atoms with Crippen LogP contribution in [0.3, 0.4) is 0 Å². The second-order valence-corrected chi connectivity index (χ2v) is 5.90. The second-order valence-electron chi connectivity index (χ2n) is 4.83. The third kappa shape index (κ3) is 1.98. The summed E-state index contributed by atoms with van der Waals surface area (Å²) in [7, 11) is 0. The highest BCUT2D eigenvalue weighted by Crippen LogP contribution is 2.27. The molecular weight excluding hydrogens is 248 g/mol. The standard InChI is InChI=1S/C12H18N4OS/c13-10-9(15-5-1-2-6-15)11(17)16-7-3-4-8-18-12(16)14-10/h1-8,13H2. The lowest BCUT2D eigenvalue weighted by molar-refractivity contribution is 0.564. The van der Waals surface area contributed by atoms with Gasteiger partial charge < -0.3 is 10.6 Å². The van der Waals surface area contributed by atoms with Crippen molar-refractivity contribution < 1.29 is 0 Å². The molecule has 0 unspecified atom stereocenters. The molecule has 0 aromatic carbocycles. The maximum atomic E-state index is 12.6. The number of fused-ring (bicyclic) bond motifs is 1. The molecule has 0 spiro atoms. The SMILES string of the molecule is Nc1nc2n(c(=O)c1N1CCCC1)CCCCS2. The summed E-state index contributed by atoms with van der Waals surface area (Å²) in [6, 6.07) is 0. The van der Waals surface area contributed by atoms with Gasteiger partial charge in [-0.3, -0.25) is 9.36 Å². The Morgan fingerprint density at radius 2 is 1.83 bits per heavy atom. The van der Waals surface area contributed by atoms with Crippen LogP contribution < -0.4 is 16.2 Å². The Bertz CT molecular complexity index is 508. The van der Waals surface area contributed by atoms with E-state index >= 15 is 0 Å². The molecular formula is C12H18N4OS. The van der Waals surface area contributed by atoms with E-state index in [9.17, 15) is 4.79 Å². The lowest BCUT2D eigenvalue weighted by Crippen LogP contribution is -2.33. The largest absolute Gasteiger partial charge is 0.382 e. The van der Waals surface area contributed by atoms with Gasteiger partial charge in [0.2, 0.25) is 0 Å². The minimum absolute atomic E-state index is 0.0498. The molecule has 2 aliphatic rings. The fraction of sp³-hybridized carbons (Fsp3) is 0.667. The molecule has 3 heterocycles. The lowest BCUT2D eigenvalue weighted by atomic mass is 10.3. The maximum absolute atomic E-state index is 12.6. The summed E-state index contributed by atoms with van der Waals surface area (Å²) in [4.78, 5) is 19.1. The number of nitrogens with two attached hydrogens (primary N) is 1. The second kappa shape index (κ2) is 4.84. The van der Waals surface area contributed by atoms with Gasteiger partial charge in [-0.1, -0.05) is 11.8 Å². The number of thioether (sulfide) groups is 1. The van der Waals surface area contributed by atoms with Crippen molar-refractivity contribution in [2.24, 2.45) is 0 Å². The van der Waals surface area contributed by atoms with Crippen molar-refractivity contribution in [3.63, 3.8) is 0 Å². The highest BCUT2D eigenvalue weighted by Gasteiger charge is 2.23. The van der Waals surface area contributed by atoms with Crippen molar-refractivity contribution in [3.8, 4) is 0 Å². The molecule has 6 heteroatoms. The van der Waals surface area contributed by atoms with Crippen LogP contribution in [0.4, 0.5) is 11.5 Å². The Balaban J connectivity index is 2.09. The molecule has 0 atom stereocenters. The molecule has 1 aromatic rings. The van der Waals surface area contributed by atoms with Crippen molar-refractivity contribution in [3.05, 3.63) is 10.4 Å². The average Bonchev–Trinajstić information content (AvgIpc) is 2.75. The highest BCUT2D eigenvalue weighted by molar-refractivity contribution is 7.99. The maximum Gasteiger partial charge on any atom is 0.279 e. The number of hydrogen-bond donors (Lipinski definition) is 1. The monoisotopic (exact) mass is 266 g/mol. The van der Waals surface area contributed by atoms with E-state index in [1.807, 2.05) is 4.57 Å². The van der Waals surface area contributed by atoms with Gasteiger partial charge in [-0.15, -0.1) is 0 Å². The average molecular weight is 266 g/mol. The third-order valence-corrected chi connectivity index (χ3v) is 4.63. The fourth-order valence-electron chi connectivity index (χ4n) is 2.62. The summed E-state index contributed by atoms with van der Waals surface area (Å²) in [5.41, 5.74) is 6.67. The normalized spacial score (nSPS) is 19.7. The van der Waals surface area contributed by atoms with Crippen LogP contribution in [0.25, 0.3) is 0 Å². The first-order valence-electron chi connectivity index (χ1n) is 6.55. The zero-order valence-electron chi connectivity index (χ0n) is 10.4. The predicted octanol–water partition coefficient (Wildman–Crippen LogP) is 1.31. The first-order valence-corrected chi connectivity index (χ1v) is 7.54. The molecule has 2 aliphatic heterocycles.